The zero-order chi connectivity index (χ0) is 14.0. The molecule has 0 spiro atoms. The van der Waals surface area contributed by atoms with Crippen molar-refractivity contribution in [3.05, 3.63) is 0 Å². The number of ether oxygens (including phenoxy) is 3. The van der Waals surface area contributed by atoms with E-state index in [0.29, 0.717) is 0 Å². The van der Waals surface area contributed by atoms with Crippen LogP contribution < -0.4 is 0 Å². The van der Waals surface area contributed by atoms with Crippen LogP contribution in [0.15, 0.2) is 0 Å². The fraction of sp³-hybridized carbons (Fsp3) is 1.00. The van der Waals surface area contributed by atoms with E-state index in [1.54, 1.807) is 20.8 Å². The number of rotatable bonds is 11. The minimum Gasteiger partial charge on any atom is -0.391 e. The molecule has 0 aliphatic heterocycles. The van der Waals surface area contributed by atoms with Crippen LogP contribution in [-0.2, 0) is 14.2 Å². The summed E-state index contributed by atoms with van der Waals surface area (Å²) in [4.78, 5) is 0. The van der Waals surface area contributed by atoms with Crippen LogP contribution >= 0.6 is 0 Å². The first kappa shape index (κ1) is 17.8. The molecule has 3 N–H and O–H groups in total. The molecule has 0 saturated heterocycles. The summed E-state index contributed by atoms with van der Waals surface area (Å²) in [7, 11) is 0. The van der Waals surface area contributed by atoms with Gasteiger partial charge in [0, 0.05) is 4.28 Å². The van der Waals surface area contributed by atoms with E-state index in [2.05, 4.69) is 0 Å². The van der Waals surface area contributed by atoms with Crippen molar-refractivity contribution in [2.45, 2.75) is 45.2 Å². The molecule has 0 aromatic carbocycles. The van der Waals surface area contributed by atoms with Crippen LogP contribution in [0.2, 0.25) is 0 Å². The zero-order valence-corrected chi connectivity index (χ0v) is 11.4. The molecule has 0 amide bonds. The molecule has 6 heteroatoms. The molecular formula is C12H32O6. The summed E-state index contributed by atoms with van der Waals surface area (Å²) in [5.41, 5.74) is 0. The number of hydrogen-bond donors (Lipinski definition) is 3. The van der Waals surface area contributed by atoms with Crippen molar-refractivity contribution >= 4 is 0 Å². The highest BCUT2D eigenvalue weighted by Crippen LogP contribution is 1.99. The Labute approximate surface area is 113 Å². The lowest BCUT2D eigenvalue weighted by Gasteiger charge is -2.20. The van der Waals surface area contributed by atoms with Gasteiger partial charge >= 0.3 is 0 Å². The summed E-state index contributed by atoms with van der Waals surface area (Å²) in [5, 5.41) is 27.3. The largest absolute Gasteiger partial charge is 0.391 e. The molecule has 6 nitrogen and oxygen atoms in total. The maximum Gasteiger partial charge on any atom is 0.104 e. The molecule has 0 radical (unpaired) electrons. The number of aliphatic hydroxyl groups excluding tert-OH is 3. The summed E-state index contributed by atoms with van der Waals surface area (Å²) in [6, 6.07) is 0. The molecular weight excluding hydrogens is 240 g/mol. The van der Waals surface area contributed by atoms with Crippen molar-refractivity contribution < 1.29 is 33.8 Å². The second kappa shape index (κ2) is 10.7. The van der Waals surface area contributed by atoms with E-state index in [9.17, 15) is 0 Å². The lowest BCUT2D eigenvalue weighted by Crippen LogP contribution is -2.31. The van der Waals surface area contributed by atoms with Crippen molar-refractivity contribution in [3.63, 3.8) is 0 Å². The van der Waals surface area contributed by atoms with Crippen molar-refractivity contribution in [3.8, 4) is 0 Å². The van der Waals surface area contributed by atoms with Gasteiger partial charge < -0.3 is 29.5 Å². The normalized spacial score (nSPS) is 18.3. The van der Waals surface area contributed by atoms with Crippen LogP contribution in [0.25, 0.3) is 0 Å². The monoisotopic (exact) mass is 272 g/mol. The van der Waals surface area contributed by atoms with Gasteiger partial charge in [-0.1, -0.05) is 0 Å². The molecule has 0 aliphatic carbocycles. The molecule has 116 valence electrons. The molecule has 0 aliphatic rings. The Morgan fingerprint density at radius 3 is 1.44 bits per heavy atom. The predicted molar refractivity (Wildman–Crippen MR) is 72.8 cm³/mol. The van der Waals surface area contributed by atoms with E-state index in [-0.39, 0.29) is 43.4 Å². The van der Waals surface area contributed by atoms with Crippen LogP contribution in [0.3, 0.4) is 0 Å². The van der Waals surface area contributed by atoms with Crippen molar-refractivity contribution in [2.75, 3.05) is 33.0 Å². The molecule has 0 saturated carbocycles. The Balaban J connectivity index is -0.000000482. The van der Waals surface area contributed by atoms with Gasteiger partial charge in [-0.3, -0.25) is 0 Å². The van der Waals surface area contributed by atoms with Gasteiger partial charge in [0.15, 0.2) is 0 Å². The fourth-order valence-electron chi connectivity index (χ4n) is 1.16. The third kappa shape index (κ3) is 12.2. The van der Waals surface area contributed by atoms with Crippen molar-refractivity contribution in [2.24, 2.45) is 0 Å². The van der Waals surface area contributed by atoms with Gasteiger partial charge in [-0.2, -0.15) is 0 Å². The first-order chi connectivity index (χ1) is 8.41. The quantitative estimate of drug-likeness (QED) is 0.501. The molecule has 0 fully saturated rings. The Kier molecular flexibility index (Phi) is 10.5. The van der Waals surface area contributed by atoms with Crippen LogP contribution in [0.4, 0.5) is 0 Å². The molecule has 0 heterocycles. The summed E-state index contributed by atoms with van der Waals surface area (Å²) in [6.45, 7) is 6.10. The summed E-state index contributed by atoms with van der Waals surface area (Å²) in [5.74, 6) is 0. The highest BCUT2D eigenvalue weighted by molar-refractivity contribution is 4.58. The third-order valence-electron chi connectivity index (χ3n) is 1.90. The van der Waals surface area contributed by atoms with Crippen molar-refractivity contribution in [1.82, 2.24) is 0 Å². The Bertz CT molecular complexity index is 182. The molecule has 18 heavy (non-hydrogen) atoms. The van der Waals surface area contributed by atoms with Gasteiger partial charge in [0.2, 0.25) is 0 Å². The summed E-state index contributed by atoms with van der Waals surface area (Å²) >= 11 is 0. The smallest absolute Gasteiger partial charge is 0.104 e. The standard InChI is InChI=1S/C12H26O6.3H2/c1-9(13)4-16-7-12(18-6-11(3)15)8-17-5-10(2)14;;;/h9-15H,4-8H2,1-3H3;3*1H. The van der Waals surface area contributed by atoms with Gasteiger partial charge in [0.1, 0.15) is 6.10 Å². The van der Waals surface area contributed by atoms with E-state index in [1.165, 1.54) is 0 Å². The van der Waals surface area contributed by atoms with Crippen LogP contribution in [0, 0.1) is 0 Å². The first-order valence-corrected chi connectivity index (χ1v) is 6.23. The number of aliphatic hydroxyl groups is 3. The van der Waals surface area contributed by atoms with E-state index in [0.717, 1.165) is 0 Å². The predicted octanol–water partition coefficient (Wildman–Crippen LogP) is 0.285. The molecule has 3 unspecified atom stereocenters. The maximum atomic E-state index is 9.14. The fourth-order valence-corrected chi connectivity index (χ4v) is 1.16. The Morgan fingerprint density at radius 2 is 1.11 bits per heavy atom. The van der Waals surface area contributed by atoms with Crippen molar-refractivity contribution in [1.29, 1.82) is 0 Å². The average molecular weight is 272 g/mol. The highest BCUT2D eigenvalue weighted by Gasteiger charge is 2.12. The lowest BCUT2D eigenvalue weighted by molar-refractivity contribution is -0.0927. The highest BCUT2D eigenvalue weighted by atomic mass is 16.6. The van der Waals surface area contributed by atoms with Gasteiger partial charge in [0.05, 0.1) is 51.3 Å². The van der Waals surface area contributed by atoms with Crippen LogP contribution in [-0.4, -0.2) is 72.8 Å². The zero-order valence-electron chi connectivity index (χ0n) is 11.4. The van der Waals surface area contributed by atoms with Crippen LogP contribution in [0.5, 0.6) is 0 Å². The third-order valence-corrected chi connectivity index (χ3v) is 1.90. The van der Waals surface area contributed by atoms with E-state index in [4.69, 9.17) is 29.5 Å². The maximum absolute atomic E-state index is 9.14. The second-order valence-electron chi connectivity index (χ2n) is 4.58. The second-order valence-corrected chi connectivity index (χ2v) is 4.58. The summed E-state index contributed by atoms with van der Waals surface area (Å²) < 4.78 is 15.9. The average Bonchev–Trinajstić information content (AvgIpc) is 2.24. The van der Waals surface area contributed by atoms with Gasteiger partial charge in [-0.05, 0) is 20.8 Å². The SMILES string of the molecule is CC(O)COCC(COCC(C)O)OCC(C)O.[HH].[HH].[HH]. The van der Waals surface area contributed by atoms with E-state index in [1.807, 2.05) is 0 Å². The Hall–Kier alpha value is -0.240. The lowest BCUT2D eigenvalue weighted by atomic mass is 10.3. The molecule has 0 aromatic rings. The first-order valence-electron chi connectivity index (χ1n) is 6.23. The molecule has 3 atom stereocenters. The molecule has 0 bridgehead atoms. The molecule has 0 aromatic heterocycles. The van der Waals surface area contributed by atoms with Gasteiger partial charge in [0.25, 0.3) is 0 Å². The summed E-state index contributed by atoms with van der Waals surface area (Å²) in [6.07, 6.45) is -1.93. The van der Waals surface area contributed by atoms with E-state index < -0.39 is 18.3 Å². The minimum absolute atomic E-state index is 0. The van der Waals surface area contributed by atoms with Crippen LogP contribution in [0.1, 0.15) is 25.1 Å². The molecule has 0 rings (SSSR count). The number of hydrogen-bond acceptors (Lipinski definition) is 6. The topological polar surface area (TPSA) is 88.4 Å². The van der Waals surface area contributed by atoms with E-state index >= 15 is 0 Å². The minimum atomic E-state index is -0.555. The van der Waals surface area contributed by atoms with Gasteiger partial charge in [-0.25, -0.2) is 0 Å². The van der Waals surface area contributed by atoms with Gasteiger partial charge in [-0.15, -0.1) is 0 Å². The Morgan fingerprint density at radius 1 is 0.722 bits per heavy atom.